The van der Waals surface area contributed by atoms with Crippen LogP contribution in [0.25, 0.3) is 11.1 Å². The molecule has 1 aliphatic heterocycles. The predicted octanol–water partition coefficient (Wildman–Crippen LogP) is 4.79. The van der Waals surface area contributed by atoms with Crippen LogP contribution in [0.5, 0.6) is 17.2 Å². The van der Waals surface area contributed by atoms with Gasteiger partial charge in [-0.25, -0.2) is 13.6 Å². The zero-order valence-corrected chi connectivity index (χ0v) is 18.2. The van der Waals surface area contributed by atoms with Gasteiger partial charge in [-0.2, -0.15) is 8.78 Å². The van der Waals surface area contributed by atoms with Gasteiger partial charge in [0.05, 0.1) is 11.3 Å². The highest BCUT2D eigenvalue weighted by Gasteiger charge is 2.31. The third kappa shape index (κ3) is 5.15. The Kier molecular flexibility index (Phi) is 6.35. The zero-order valence-electron chi connectivity index (χ0n) is 17.4. The number of nitrogens with two attached hydrogens (primary N) is 1. The standard InChI is InChI=1S/C24H21F2NO5S/c1-2-11-30-17-6-3-5-16(13-17)23-19-12-15(14-33(27,28)29)9-10-18(19)22-20(31-23)7-4-8-21(22)32-24(25)26/h2-10,12-13,23-24H,1,11,14H2,(H2,27,28,29). The van der Waals surface area contributed by atoms with Crippen LogP contribution in [-0.2, 0) is 15.8 Å². The van der Waals surface area contributed by atoms with E-state index in [1.54, 1.807) is 54.6 Å². The first kappa shape index (κ1) is 22.8. The summed E-state index contributed by atoms with van der Waals surface area (Å²) in [6, 6.07) is 16.8. The molecule has 0 saturated carbocycles. The molecule has 6 nitrogen and oxygen atoms in total. The third-order valence-electron chi connectivity index (χ3n) is 5.01. The lowest BCUT2D eigenvalue weighted by atomic mass is 9.88. The lowest BCUT2D eigenvalue weighted by molar-refractivity contribution is -0.0496. The molecule has 33 heavy (non-hydrogen) atoms. The minimum Gasteiger partial charge on any atom is -0.490 e. The minimum absolute atomic E-state index is 0.0375. The van der Waals surface area contributed by atoms with Crippen LogP contribution >= 0.6 is 0 Å². The fourth-order valence-corrected chi connectivity index (χ4v) is 4.45. The van der Waals surface area contributed by atoms with E-state index < -0.39 is 22.7 Å². The van der Waals surface area contributed by atoms with Crippen molar-refractivity contribution in [1.82, 2.24) is 0 Å². The summed E-state index contributed by atoms with van der Waals surface area (Å²) in [5, 5.41) is 5.22. The lowest BCUT2D eigenvalue weighted by Gasteiger charge is -2.31. The molecule has 0 aromatic heterocycles. The third-order valence-corrected chi connectivity index (χ3v) is 5.75. The number of primary sulfonamides is 1. The number of fused-ring (bicyclic) bond motifs is 3. The van der Waals surface area contributed by atoms with Gasteiger partial charge >= 0.3 is 6.61 Å². The number of sulfonamides is 1. The Hall–Kier alpha value is -3.43. The van der Waals surface area contributed by atoms with Crippen LogP contribution in [0.2, 0.25) is 0 Å². The molecule has 1 heterocycles. The summed E-state index contributed by atoms with van der Waals surface area (Å²) >= 11 is 0. The molecule has 0 aliphatic carbocycles. The van der Waals surface area contributed by atoms with Crippen LogP contribution < -0.4 is 19.3 Å². The van der Waals surface area contributed by atoms with Crippen molar-refractivity contribution in [3.8, 4) is 28.4 Å². The zero-order chi connectivity index (χ0) is 23.6. The van der Waals surface area contributed by atoms with Gasteiger partial charge in [0, 0.05) is 11.1 Å². The van der Waals surface area contributed by atoms with Crippen molar-refractivity contribution in [2.75, 3.05) is 6.61 Å². The van der Waals surface area contributed by atoms with E-state index in [4.69, 9.17) is 19.3 Å². The summed E-state index contributed by atoms with van der Waals surface area (Å²) in [6.45, 7) is 0.941. The second-order valence-corrected chi connectivity index (χ2v) is 9.02. The van der Waals surface area contributed by atoms with Gasteiger partial charge in [-0.3, -0.25) is 0 Å². The van der Waals surface area contributed by atoms with Crippen LogP contribution in [0.1, 0.15) is 22.8 Å². The van der Waals surface area contributed by atoms with Crippen LogP contribution in [0.3, 0.4) is 0 Å². The molecule has 0 bridgehead atoms. The molecule has 3 aromatic rings. The second kappa shape index (κ2) is 9.21. The maximum atomic E-state index is 13.0. The number of hydrogen-bond acceptors (Lipinski definition) is 5. The van der Waals surface area contributed by atoms with Gasteiger partial charge in [0.2, 0.25) is 10.0 Å². The molecule has 1 unspecified atom stereocenters. The number of hydrogen-bond donors (Lipinski definition) is 1. The highest BCUT2D eigenvalue weighted by atomic mass is 32.2. The first-order valence-corrected chi connectivity index (χ1v) is 11.7. The lowest BCUT2D eigenvalue weighted by Crippen LogP contribution is -2.18. The molecule has 3 aromatic carbocycles. The Morgan fingerprint density at radius 1 is 1.12 bits per heavy atom. The van der Waals surface area contributed by atoms with E-state index in [1.807, 2.05) is 6.07 Å². The van der Waals surface area contributed by atoms with Gasteiger partial charge in [-0.05, 0) is 35.4 Å². The van der Waals surface area contributed by atoms with Crippen LogP contribution in [0.15, 0.2) is 73.3 Å². The summed E-state index contributed by atoms with van der Waals surface area (Å²) in [4.78, 5) is 0. The van der Waals surface area contributed by atoms with E-state index in [9.17, 15) is 17.2 Å². The smallest absolute Gasteiger partial charge is 0.387 e. The minimum atomic E-state index is -3.78. The van der Waals surface area contributed by atoms with Gasteiger partial charge in [0.25, 0.3) is 0 Å². The Morgan fingerprint density at radius 3 is 2.64 bits per heavy atom. The molecule has 0 fully saturated rings. The second-order valence-electron chi connectivity index (χ2n) is 7.41. The quantitative estimate of drug-likeness (QED) is 0.476. The SMILES string of the molecule is C=CCOc1cccc(C2Oc3cccc(OC(F)F)c3-c3ccc(CS(N)(=O)=O)cc32)c1. The molecule has 1 atom stereocenters. The summed E-state index contributed by atoms with van der Waals surface area (Å²) in [6.07, 6.45) is 0.973. The number of benzene rings is 3. The first-order valence-electron chi connectivity index (χ1n) is 9.97. The molecule has 172 valence electrons. The molecule has 0 amide bonds. The van der Waals surface area contributed by atoms with Crippen molar-refractivity contribution in [2.24, 2.45) is 5.14 Å². The highest BCUT2D eigenvalue weighted by molar-refractivity contribution is 7.88. The average molecular weight is 473 g/mol. The van der Waals surface area contributed by atoms with E-state index in [0.717, 1.165) is 5.56 Å². The van der Waals surface area contributed by atoms with Gasteiger partial charge in [0.1, 0.15) is 30.0 Å². The summed E-state index contributed by atoms with van der Waals surface area (Å²) in [5.41, 5.74) is 2.73. The molecule has 2 N–H and O–H groups in total. The summed E-state index contributed by atoms with van der Waals surface area (Å²) in [7, 11) is -3.78. The monoisotopic (exact) mass is 473 g/mol. The predicted molar refractivity (Wildman–Crippen MR) is 120 cm³/mol. The topological polar surface area (TPSA) is 87.8 Å². The van der Waals surface area contributed by atoms with Crippen molar-refractivity contribution in [1.29, 1.82) is 0 Å². The fourth-order valence-electron chi connectivity index (χ4n) is 3.81. The average Bonchev–Trinajstić information content (AvgIpc) is 2.76. The van der Waals surface area contributed by atoms with E-state index in [2.05, 4.69) is 6.58 Å². The highest BCUT2D eigenvalue weighted by Crippen LogP contribution is 2.49. The van der Waals surface area contributed by atoms with Crippen molar-refractivity contribution >= 4 is 10.0 Å². The Balaban J connectivity index is 1.86. The summed E-state index contributed by atoms with van der Waals surface area (Å²) < 4.78 is 66.0. The van der Waals surface area contributed by atoms with Crippen molar-refractivity contribution in [3.05, 3.63) is 90.0 Å². The Morgan fingerprint density at radius 2 is 1.91 bits per heavy atom. The Labute approximate surface area is 190 Å². The molecule has 0 spiro atoms. The van der Waals surface area contributed by atoms with Crippen molar-refractivity contribution in [2.45, 2.75) is 18.5 Å². The molecular formula is C24H21F2NO5S. The van der Waals surface area contributed by atoms with Gasteiger partial charge in [-0.1, -0.05) is 49.1 Å². The Bertz CT molecular complexity index is 1290. The van der Waals surface area contributed by atoms with E-state index in [0.29, 0.717) is 40.4 Å². The molecule has 0 saturated heterocycles. The van der Waals surface area contributed by atoms with Crippen LogP contribution in [0, 0.1) is 0 Å². The largest absolute Gasteiger partial charge is 0.490 e. The number of rotatable bonds is 8. The normalized spacial score (nSPS) is 14.7. The van der Waals surface area contributed by atoms with Crippen LogP contribution in [-0.4, -0.2) is 21.6 Å². The molecule has 4 rings (SSSR count). The maximum Gasteiger partial charge on any atom is 0.387 e. The number of halogens is 2. The van der Waals surface area contributed by atoms with E-state index in [-0.39, 0.29) is 11.5 Å². The molecule has 0 radical (unpaired) electrons. The van der Waals surface area contributed by atoms with Gasteiger partial charge < -0.3 is 14.2 Å². The van der Waals surface area contributed by atoms with E-state index >= 15 is 0 Å². The van der Waals surface area contributed by atoms with Gasteiger partial charge in [-0.15, -0.1) is 0 Å². The number of ether oxygens (including phenoxy) is 3. The first-order chi connectivity index (χ1) is 15.7. The van der Waals surface area contributed by atoms with Gasteiger partial charge in [0.15, 0.2) is 0 Å². The van der Waals surface area contributed by atoms with Crippen molar-refractivity contribution < 1.29 is 31.4 Å². The van der Waals surface area contributed by atoms with Crippen molar-refractivity contribution in [3.63, 3.8) is 0 Å². The fraction of sp³-hybridized carbons (Fsp3) is 0.167. The molecule has 9 heteroatoms. The van der Waals surface area contributed by atoms with E-state index in [1.165, 1.54) is 6.07 Å². The molecular weight excluding hydrogens is 452 g/mol. The van der Waals surface area contributed by atoms with Crippen LogP contribution in [0.4, 0.5) is 8.78 Å². The molecule has 1 aliphatic rings. The number of alkyl halides is 2. The maximum absolute atomic E-state index is 13.0. The summed E-state index contributed by atoms with van der Waals surface area (Å²) in [5.74, 6) is 0.544.